The van der Waals surface area contributed by atoms with Gasteiger partial charge in [0, 0.05) is 25.0 Å². The normalized spacial score (nSPS) is 15.9. The van der Waals surface area contributed by atoms with Crippen LogP contribution in [0.5, 0.6) is 0 Å². The number of hydrogen-bond acceptors (Lipinski definition) is 5. The number of carbonyl (C=O) groups is 2. The van der Waals surface area contributed by atoms with Gasteiger partial charge in [-0.1, -0.05) is 44.2 Å². The van der Waals surface area contributed by atoms with Crippen molar-refractivity contribution in [2.45, 2.75) is 52.1 Å². The van der Waals surface area contributed by atoms with E-state index in [0.29, 0.717) is 35.9 Å². The number of aromatic nitrogens is 4. The summed E-state index contributed by atoms with van der Waals surface area (Å²) >= 11 is 0. The number of amides is 2. The van der Waals surface area contributed by atoms with Gasteiger partial charge in [0.15, 0.2) is 0 Å². The number of nitrogens with zero attached hydrogens (tertiary/aromatic N) is 4. The molecule has 2 N–H and O–H groups in total. The van der Waals surface area contributed by atoms with E-state index in [-0.39, 0.29) is 23.8 Å². The molecule has 8 nitrogen and oxygen atoms in total. The van der Waals surface area contributed by atoms with Crippen LogP contribution in [0.1, 0.15) is 82.3 Å². The standard InChI is InChI=1S/C24H28N6O2/c1-15(2)19-12-20(29-28-19)24(32)30-11-7-10-21(30)22-18(14-25-16(3)27-22)23(31)26-13-17-8-5-4-6-9-17/h4-6,8-9,12,14-15,21H,7,10-11,13H2,1-3H3,(H,26,31)(H,28,29). The van der Waals surface area contributed by atoms with Gasteiger partial charge in [0.05, 0.1) is 17.3 Å². The third-order valence-electron chi connectivity index (χ3n) is 5.75. The molecule has 8 heteroatoms. The van der Waals surface area contributed by atoms with Gasteiger partial charge in [0.25, 0.3) is 11.8 Å². The molecule has 0 spiro atoms. The summed E-state index contributed by atoms with van der Waals surface area (Å²) < 4.78 is 0. The Morgan fingerprint density at radius 2 is 2.03 bits per heavy atom. The lowest BCUT2D eigenvalue weighted by atomic mass is 10.0. The van der Waals surface area contributed by atoms with Gasteiger partial charge in [-0.15, -0.1) is 0 Å². The maximum atomic E-state index is 13.2. The molecular weight excluding hydrogens is 404 g/mol. The lowest BCUT2D eigenvalue weighted by Crippen LogP contribution is -2.33. The molecule has 166 valence electrons. The van der Waals surface area contributed by atoms with Crippen molar-refractivity contribution in [1.29, 1.82) is 0 Å². The smallest absolute Gasteiger partial charge is 0.274 e. The minimum absolute atomic E-state index is 0.150. The first-order valence-electron chi connectivity index (χ1n) is 11.0. The molecule has 4 rings (SSSR count). The van der Waals surface area contributed by atoms with E-state index in [2.05, 4.69) is 25.5 Å². The predicted octanol–water partition coefficient (Wildman–Crippen LogP) is 3.54. The fourth-order valence-electron chi connectivity index (χ4n) is 3.97. The minimum atomic E-state index is -0.291. The Morgan fingerprint density at radius 3 is 2.75 bits per heavy atom. The van der Waals surface area contributed by atoms with Crippen molar-refractivity contribution in [1.82, 2.24) is 30.4 Å². The van der Waals surface area contributed by atoms with Gasteiger partial charge in [-0.3, -0.25) is 14.7 Å². The maximum Gasteiger partial charge on any atom is 0.274 e. The Kier molecular flexibility index (Phi) is 6.30. The van der Waals surface area contributed by atoms with Crippen LogP contribution in [0.25, 0.3) is 0 Å². The minimum Gasteiger partial charge on any atom is -0.348 e. The largest absolute Gasteiger partial charge is 0.348 e. The highest BCUT2D eigenvalue weighted by atomic mass is 16.2. The summed E-state index contributed by atoms with van der Waals surface area (Å²) in [4.78, 5) is 36.9. The molecule has 1 aromatic carbocycles. The number of aromatic amines is 1. The van der Waals surface area contributed by atoms with E-state index >= 15 is 0 Å². The number of nitrogens with one attached hydrogen (secondary N) is 2. The van der Waals surface area contributed by atoms with E-state index in [1.54, 1.807) is 24.1 Å². The van der Waals surface area contributed by atoms with Crippen molar-refractivity contribution in [3.8, 4) is 0 Å². The monoisotopic (exact) mass is 432 g/mol. The highest BCUT2D eigenvalue weighted by Gasteiger charge is 2.35. The number of likely N-dealkylation sites (tertiary alicyclic amines) is 1. The second-order valence-corrected chi connectivity index (χ2v) is 8.40. The van der Waals surface area contributed by atoms with Crippen molar-refractivity contribution in [3.05, 3.63) is 76.6 Å². The van der Waals surface area contributed by atoms with Crippen molar-refractivity contribution < 1.29 is 9.59 Å². The first-order valence-corrected chi connectivity index (χ1v) is 11.0. The van der Waals surface area contributed by atoms with E-state index in [1.807, 2.05) is 44.2 Å². The van der Waals surface area contributed by atoms with Gasteiger partial charge in [0.1, 0.15) is 11.5 Å². The highest BCUT2D eigenvalue weighted by molar-refractivity contribution is 5.96. The number of H-pyrrole nitrogens is 1. The SMILES string of the molecule is Cc1ncc(C(=O)NCc2ccccc2)c(C2CCCN2C(=O)c2cc(C(C)C)[nH]n2)n1. The summed E-state index contributed by atoms with van der Waals surface area (Å²) in [5.41, 5.74) is 3.31. The van der Waals surface area contributed by atoms with Crippen LogP contribution in [0.4, 0.5) is 0 Å². The Morgan fingerprint density at radius 1 is 1.25 bits per heavy atom. The van der Waals surface area contributed by atoms with E-state index in [0.717, 1.165) is 24.1 Å². The van der Waals surface area contributed by atoms with Crippen LogP contribution in [-0.4, -0.2) is 43.4 Å². The van der Waals surface area contributed by atoms with Crippen molar-refractivity contribution in [3.63, 3.8) is 0 Å². The van der Waals surface area contributed by atoms with Gasteiger partial charge in [-0.25, -0.2) is 9.97 Å². The first-order chi connectivity index (χ1) is 15.4. The molecule has 0 bridgehead atoms. The van der Waals surface area contributed by atoms with Crippen LogP contribution in [0.2, 0.25) is 0 Å². The van der Waals surface area contributed by atoms with Crippen LogP contribution >= 0.6 is 0 Å². The second kappa shape index (κ2) is 9.30. The predicted molar refractivity (Wildman–Crippen MR) is 120 cm³/mol. The molecular formula is C24H28N6O2. The van der Waals surface area contributed by atoms with Crippen molar-refractivity contribution >= 4 is 11.8 Å². The summed E-state index contributed by atoms with van der Waals surface area (Å²) in [6.07, 6.45) is 3.14. The van der Waals surface area contributed by atoms with Gasteiger partial charge in [-0.2, -0.15) is 5.10 Å². The molecule has 1 fully saturated rings. The molecule has 0 radical (unpaired) electrons. The van der Waals surface area contributed by atoms with Crippen LogP contribution < -0.4 is 5.32 Å². The molecule has 2 aromatic heterocycles. The lowest BCUT2D eigenvalue weighted by molar-refractivity contribution is 0.0723. The number of carbonyl (C=O) groups excluding carboxylic acids is 2. The zero-order chi connectivity index (χ0) is 22.7. The molecule has 3 aromatic rings. The molecule has 0 aliphatic carbocycles. The third-order valence-corrected chi connectivity index (χ3v) is 5.75. The van der Waals surface area contributed by atoms with E-state index in [1.165, 1.54) is 0 Å². The fourth-order valence-corrected chi connectivity index (χ4v) is 3.97. The second-order valence-electron chi connectivity index (χ2n) is 8.40. The topological polar surface area (TPSA) is 104 Å². The molecule has 1 aliphatic rings. The third kappa shape index (κ3) is 4.54. The maximum absolute atomic E-state index is 13.2. The number of aryl methyl sites for hydroxylation is 1. The molecule has 0 saturated carbocycles. The molecule has 1 saturated heterocycles. The summed E-state index contributed by atoms with van der Waals surface area (Å²) in [7, 11) is 0. The number of rotatable bonds is 6. The highest BCUT2D eigenvalue weighted by Crippen LogP contribution is 2.34. The van der Waals surface area contributed by atoms with E-state index in [9.17, 15) is 9.59 Å². The molecule has 1 atom stereocenters. The van der Waals surface area contributed by atoms with Gasteiger partial charge in [0.2, 0.25) is 0 Å². The molecule has 1 aliphatic heterocycles. The van der Waals surface area contributed by atoms with E-state index < -0.39 is 0 Å². The van der Waals surface area contributed by atoms with Gasteiger partial charge >= 0.3 is 0 Å². The zero-order valence-electron chi connectivity index (χ0n) is 18.6. The van der Waals surface area contributed by atoms with Crippen LogP contribution in [0.3, 0.4) is 0 Å². The lowest BCUT2D eigenvalue weighted by Gasteiger charge is -2.25. The van der Waals surface area contributed by atoms with E-state index in [4.69, 9.17) is 0 Å². The average Bonchev–Trinajstić information content (AvgIpc) is 3.48. The Hall–Kier alpha value is -3.55. The number of hydrogen-bond donors (Lipinski definition) is 2. The average molecular weight is 433 g/mol. The summed E-state index contributed by atoms with van der Waals surface area (Å²) in [6, 6.07) is 11.2. The quantitative estimate of drug-likeness (QED) is 0.620. The summed E-state index contributed by atoms with van der Waals surface area (Å²) in [6.45, 7) is 6.89. The van der Waals surface area contributed by atoms with Crippen molar-refractivity contribution in [2.24, 2.45) is 0 Å². The molecule has 3 heterocycles. The molecule has 1 unspecified atom stereocenters. The summed E-state index contributed by atoms with van der Waals surface area (Å²) in [5.74, 6) is 0.427. The molecule has 2 amide bonds. The Bertz CT molecular complexity index is 1110. The van der Waals surface area contributed by atoms with Gasteiger partial charge in [-0.05, 0) is 37.3 Å². The zero-order valence-corrected chi connectivity index (χ0v) is 18.6. The number of benzene rings is 1. The first kappa shape index (κ1) is 21.7. The van der Waals surface area contributed by atoms with Crippen LogP contribution in [0.15, 0.2) is 42.6 Å². The molecule has 32 heavy (non-hydrogen) atoms. The van der Waals surface area contributed by atoms with Crippen molar-refractivity contribution in [2.75, 3.05) is 6.54 Å². The van der Waals surface area contributed by atoms with Crippen LogP contribution in [-0.2, 0) is 6.54 Å². The Balaban J connectivity index is 1.58. The summed E-state index contributed by atoms with van der Waals surface area (Å²) in [5, 5.41) is 10.1. The fraction of sp³-hybridized carbons (Fsp3) is 0.375. The Labute approximate surface area is 187 Å². The van der Waals surface area contributed by atoms with Crippen LogP contribution in [0, 0.1) is 6.92 Å². The van der Waals surface area contributed by atoms with Gasteiger partial charge < -0.3 is 10.2 Å².